The van der Waals surface area contributed by atoms with Gasteiger partial charge in [0.25, 0.3) is 0 Å². The van der Waals surface area contributed by atoms with Crippen LogP contribution in [0.25, 0.3) is 0 Å². The van der Waals surface area contributed by atoms with Crippen molar-refractivity contribution in [2.75, 3.05) is 0 Å². The van der Waals surface area contributed by atoms with Gasteiger partial charge in [0.1, 0.15) is 11.5 Å². The minimum absolute atomic E-state index is 0.433. The number of benzene rings is 2. The molecule has 0 saturated heterocycles. The molecule has 0 spiro atoms. The van der Waals surface area contributed by atoms with E-state index in [0.29, 0.717) is 11.6 Å². The van der Waals surface area contributed by atoms with E-state index in [0.717, 1.165) is 22.6 Å². The third-order valence-electron chi connectivity index (χ3n) is 2.82. The quantitative estimate of drug-likeness (QED) is 0.898. The SMILES string of the molecule is Cc1ccc(C)c(Oc2ccc(CN)c(Cl)c2)c1. The molecule has 0 aliphatic carbocycles. The first-order valence-electron chi connectivity index (χ1n) is 5.84. The highest BCUT2D eigenvalue weighted by atomic mass is 35.5. The third-order valence-corrected chi connectivity index (χ3v) is 3.17. The number of hydrogen-bond donors (Lipinski definition) is 1. The number of ether oxygens (including phenoxy) is 1. The maximum Gasteiger partial charge on any atom is 0.130 e. The third kappa shape index (κ3) is 2.84. The van der Waals surface area contributed by atoms with Crippen molar-refractivity contribution < 1.29 is 4.74 Å². The summed E-state index contributed by atoms with van der Waals surface area (Å²) in [6.07, 6.45) is 0. The van der Waals surface area contributed by atoms with E-state index in [2.05, 4.69) is 6.07 Å². The molecule has 94 valence electrons. The smallest absolute Gasteiger partial charge is 0.130 e. The van der Waals surface area contributed by atoms with Crippen molar-refractivity contribution in [3.8, 4) is 11.5 Å². The number of halogens is 1. The lowest BCUT2D eigenvalue weighted by molar-refractivity contribution is 0.478. The molecule has 2 aromatic carbocycles. The van der Waals surface area contributed by atoms with E-state index in [1.807, 2.05) is 38.1 Å². The van der Waals surface area contributed by atoms with Crippen LogP contribution in [-0.4, -0.2) is 0 Å². The van der Waals surface area contributed by atoms with E-state index in [9.17, 15) is 0 Å². The highest BCUT2D eigenvalue weighted by Crippen LogP contribution is 2.29. The Labute approximate surface area is 112 Å². The fraction of sp³-hybridized carbons (Fsp3) is 0.200. The van der Waals surface area contributed by atoms with Crippen molar-refractivity contribution >= 4 is 11.6 Å². The number of nitrogens with two attached hydrogens (primary N) is 1. The normalized spacial score (nSPS) is 10.4. The largest absolute Gasteiger partial charge is 0.457 e. The molecule has 0 amide bonds. The van der Waals surface area contributed by atoms with Crippen molar-refractivity contribution in [1.29, 1.82) is 0 Å². The van der Waals surface area contributed by atoms with Crippen LogP contribution in [0.15, 0.2) is 36.4 Å². The Hall–Kier alpha value is -1.51. The van der Waals surface area contributed by atoms with Crippen LogP contribution >= 0.6 is 11.6 Å². The van der Waals surface area contributed by atoms with Crippen molar-refractivity contribution in [2.45, 2.75) is 20.4 Å². The topological polar surface area (TPSA) is 35.2 Å². The molecule has 0 aromatic heterocycles. The first-order valence-corrected chi connectivity index (χ1v) is 6.21. The van der Waals surface area contributed by atoms with Crippen LogP contribution in [0, 0.1) is 13.8 Å². The van der Waals surface area contributed by atoms with Crippen LogP contribution < -0.4 is 10.5 Å². The van der Waals surface area contributed by atoms with Gasteiger partial charge in [-0.1, -0.05) is 29.8 Å². The molecule has 0 bridgehead atoms. The fourth-order valence-corrected chi connectivity index (χ4v) is 1.95. The van der Waals surface area contributed by atoms with Gasteiger partial charge in [-0.05, 0) is 48.7 Å². The molecule has 0 unspecified atom stereocenters. The van der Waals surface area contributed by atoms with E-state index in [1.54, 1.807) is 6.07 Å². The monoisotopic (exact) mass is 261 g/mol. The van der Waals surface area contributed by atoms with Crippen molar-refractivity contribution in [3.63, 3.8) is 0 Å². The van der Waals surface area contributed by atoms with Crippen molar-refractivity contribution in [3.05, 3.63) is 58.1 Å². The van der Waals surface area contributed by atoms with Gasteiger partial charge >= 0.3 is 0 Å². The Bertz CT molecular complexity index is 566. The van der Waals surface area contributed by atoms with Gasteiger partial charge in [-0.2, -0.15) is 0 Å². The van der Waals surface area contributed by atoms with E-state index in [-0.39, 0.29) is 0 Å². The van der Waals surface area contributed by atoms with E-state index in [1.165, 1.54) is 5.56 Å². The number of aryl methyl sites for hydroxylation is 2. The maximum absolute atomic E-state index is 6.11. The lowest BCUT2D eigenvalue weighted by Gasteiger charge is -2.11. The van der Waals surface area contributed by atoms with Crippen LogP contribution in [-0.2, 0) is 6.54 Å². The molecule has 0 radical (unpaired) electrons. The first kappa shape index (κ1) is 12.9. The van der Waals surface area contributed by atoms with Crippen LogP contribution in [0.3, 0.4) is 0 Å². The van der Waals surface area contributed by atoms with Gasteiger partial charge in [-0.3, -0.25) is 0 Å². The average molecular weight is 262 g/mol. The predicted molar refractivity (Wildman–Crippen MR) is 75.3 cm³/mol. The molecule has 3 heteroatoms. The van der Waals surface area contributed by atoms with Crippen LogP contribution in [0.4, 0.5) is 0 Å². The summed E-state index contributed by atoms with van der Waals surface area (Å²) in [7, 11) is 0. The van der Waals surface area contributed by atoms with Gasteiger partial charge in [-0.15, -0.1) is 0 Å². The van der Waals surface area contributed by atoms with E-state index in [4.69, 9.17) is 22.1 Å². The van der Waals surface area contributed by atoms with Crippen LogP contribution in [0.1, 0.15) is 16.7 Å². The first-order chi connectivity index (χ1) is 8.60. The summed E-state index contributed by atoms with van der Waals surface area (Å²) in [5, 5.41) is 0.639. The van der Waals surface area contributed by atoms with Gasteiger partial charge in [0.05, 0.1) is 0 Å². The maximum atomic E-state index is 6.11. The molecule has 0 heterocycles. The van der Waals surface area contributed by atoms with Gasteiger partial charge in [0.15, 0.2) is 0 Å². The molecule has 0 aliphatic heterocycles. The zero-order valence-electron chi connectivity index (χ0n) is 10.5. The predicted octanol–water partition coefficient (Wildman–Crippen LogP) is 4.21. The molecule has 0 saturated carbocycles. The second-order valence-corrected chi connectivity index (χ2v) is 4.74. The lowest BCUT2D eigenvalue weighted by Crippen LogP contribution is -1.97. The molecule has 2 aromatic rings. The van der Waals surface area contributed by atoms with Crippen molar-refractivity contribution in [2.24, 2.45) is 5.73 Å². The number of hydrogen-bond acceptors (Lipinski definition) is 2. The summed E-state index contributed by atoms with van der Waals surface area (Å²) in [6.45, 7) is 4.49. The van der Waals surface area contributed by atoms with Gasteiger partial charge in [-0.25, -0.2) is 0 Å². The molecule has 2 N–H and O–H groups in total. The Morgan fingerprint density at radius 1 is 1.11 bits per heavy atom. The molecule has 0 aliphatic rings. The lowest BCUT2D eigenvalue weighted by atomic mass is 10.1. The summed E-state index contributed by atoms with van der Waals surface area (Å²) >= 11 is 6.11. The summed E-state index contributed by atoms with van der Waals surface area (Å²) in [5.41, 5.74) is 8.76. The summed E-state index contributed by atoms with van der Waals surface area (Å²) < 4.78 is 5.85. The molecular formula is C15H16ClNO. The Morgan fingerprint density at radius 3 is 2.56 bits per heavy atom. The second kappa shape index (κ2) is 5.42. The second-order valence-electron chi connectivity index (χ2n) is 4.33. The Balaban J connectivity index is 2.28. The molecule has 0 atom stereocenters. The fourth-order valence-electron chi connectivity index (χ4n) is 1.70. The highest BCUT2D eigenvalue weighted by molar-refractivity contribution is 6.31. The van der Waals surface area contributed by atoms with E-state index >= 15 is 0 Å². The van der Waals surface area contributed by atoms with Gasteiger partial charge in [0.2, 0.25) is 0 Å². The van der Waals surface area contributed by atoms with E-state index < -0.39 is 0 Å². The number of rotatable bonds is 3. The van der Waals surface area contributed by atoms with Crippen molar-refractivity contribution in [1.82, 2.24) is 0 Å². The van der Waals surface area contributed by atoms with Gasteiger partial charge < -0.3 is 10.5 Å². The minimum atomic E-state index is 0.433. The average Bonchev–Trinajstić information content (AvgIpc) is 2.34. The minimum Gasteiger partial charge on any atom is -0.457 e. The zero-order chi connectivity index (χ0) is 13.1. The van der Waals surface area contributed by atoms with Gasteiger partial charge in [0, 0.05) is 11.6 Å². The molecule has 0 fully saturated rings. The summed E-state index contributed by atoms with van der Waals surface area (Å²) in [4.78, 5) is 0. The Morgan fingerprint density at radius 2 is 1.89 bits per heavy atom. The Kier molecular flexibility index (Phi) is 3.90. The molecule has 2 nitrogen and oxygen atoms in total. The molecular weight excluding hydrogens is 246 g/mol. The zero-order valence-corrected chi connectivity index (χ0v) is 11.3. The standard InChI is InChI=1S/C15H16ClNO/c1-10-3-4-11(2)15(7-10)18-13-6-5-12(9-17)14(16)8-13/h3-8H,9,17H2,1-2H3. The summed E-state index contributed by atoms with van der Waals surface area (Å²) in [6, 6.07) is 11.7. The van der Waals surface area contributed by atoms with Crippen LogP contribution in [0.2, 0.25) is 5.02 Å². The highest BCUT2D eigenvalue weighted by Gasteiger charge is 2.04. The van der Waals surface area contributed by atoms with Crippen LogP contribution in [0.5, 0.6) is 11.5 Å². The molecule has 2 rings (SSSR count). The molecule has 18 heavy (non-hydrogen) atoms. The summed E-state index contributed by atoms with van der Waals surface area (Å²) in [5.74, 6) is 1.58.